The molecule has 2 N–H and O–H groups in total. The Bertz CT molecular complexity index is 379. The predicted octanol–water partition coefficient (Wildman–Crippen LogP) is 1.04. The molecule has 0 aromatic rings. The quantitative estimate of drug-likeness (QED) is 0.398. The van der Waals surface area contributed by atoms with E-state index in [1.54, 1.807) is 0 Å². The smallest absolute Gasteiger partial charge is 0.222 e. The number of likely N-dealkylation sites (tertiary alicyclic amines) is 2. The molecule has 2 aliphatic rings. The van der Waals surface area contributed by atoms with Crippen LogP contribution >= 0.6 is 0 Å². The first-order valence-corrected chi connectivity index (χ1v) is 9.32. The van der Waals surface area contributed by atoms with Gasteiger partial charge in [-0.15, -0.1) is 0 Å². The summed E-state index contributed by atoms with van der Waals surface area (Å²) in [5.74, 6) is 1.21. The highest BCUT2D eigenvalue weighted by Gasteiger charge is 2.18. The van der Waals surface area contributed by atoms with Gasteiger partial charge >= 0.3 is 0 Å². The SMILES string of the molecule is CCNC(=NCCCN1CCCC1=O)NCCN1CCCCC1. The van der Waals surface area contributed by atoms with Crippen molar-refractivity contribution in [2.24, 2.45) is 4.99 Å². The van der Waals surface area contributed by atoms with Crippen LogP contribution in [0.5, 0.6) is 0 Å². The Morgan fingerprint density at radius 1 is 1.09 bits per heavy atom. The molecular weight excluding hydrogens is 290 g/mol. The fourth-order valence-electron chi connectivity index (χ4n) is 3.25. The van der Waals surface area contributed by atoms with Crippen molar-refractivity contribution >= 4 is 11.9 Å². The molecule has 0 saturated carbocycles. The summed E-state index contributed by atoms with van der Waals surface area (Å²) in [4.78, 5) is 20.7. The second-order valence-electron chi connectivity index (χ2n) is 6.43. The Morgan fingerprint density at radius 2 is 1.91 bits per heavy atom. The summed E-state index contributed by atoms with van der Waals surface area (Å²) >= 11 is 0. The van der Waals surface area contributed by atoms with Crippen molar-refractivity contribution in [2.75, 3.05) is 52.4 Å². The third-order valence-electron chi connectivity index (χ3n) is 4.54. The number of nitrogens with zero attached hydrogens (tertiary/aromatic N) is 3. The van der Waals surface area contributed by atoms with Gasteiger partial charge in [0.05, 0.1) is 0 Å². The van der Waals surface area contributed by atoms with Gasteiger partial charge in [-0.3, -0.25) is 9.79 Å². The van der Waals surface area contributed by atoms with E-state index in [0.717, 1.165) is 64.5 Å². The summed E-state index contributed by atoms with van der Waals surface area (Å²) in [6.07, 6.45) is 6.74. The van der Waals surface area contributed by atoms with Crippen LogP contribution in [0.2, 0.25) is 0 Å². The largest absolute Gasteiger partial charge is 0.357 e. The number of carbonyl (C=O) groups excluding carboxylic acids is 1. The van der Waals surface area contributed by atoms with Crippen molar-refractivity contribution in [3.05, 3.63) is 0 Å². The second kappa shape index (κ2) is 10.5. The first-order valence-electron chi connectivity index (χ1n) is 9.32. The van der Waals surface area contributed by atoms with Gasteiger partial charge in [-0.25, -0.2) is 0 Å². The number of carbonyl (C=O) groups is 1. The molecule has 0 atom stereocenters. The van der Waals surface area contributed by atoms with Crippen LogP contribution in [0.3, 0.4) is 0 Å². The Balaban J connectivity index is 1.61. The molecule has 23 heavy (non-hydrogen) atoms. The molecule has 2 saturated heterocycles. The zero-order valence-electron chi connectivity index (χ0n) is 14.6. The van der Waals surface area contributed by atoms with Crippen LogP contribution in [0.1, 0.15) is 45.4 Å². The van der Waals surface area contributed by atoms with Gasteiger partial charge in [-0.05, 0) is 45.7 Å². The number of amides is 1. The zero-order valence-corrected chi connectivity index (χ0v) is 14.6. The van der Waals surface area contributed by atoms with Crippen molar-refractivity contribution in [1.29, 1.82) is 0 Å². The molecule has 0 spiro atoms. The maximum atomic E-state index is 11.6. The van der Waals surface area contributed by atoms with Crippen molar-refractivity contribution in [1.82, 2.24) is 20.4 Å². The van der Waals surface area contributed by atoms with Crippen LogP contribution in [0.15, 0.2) is 4.99 Å². The molecule has 1 amide bonds. The summed E-state index contributed by atoms with van der Waals surface area (Å²) in [5, 5.41) is 6.72. The molecular formula is C17H33N5O. The Labute approximate surface area is 140 Å². The minimum Gasteiger partial charge on any atom is -0.357 e. The van der Waals surface area contributed by atoms with Gasteiger partial charge < -0.3 is 20.4 Å². The number of rotatable bonds is 8. The lowest BCUT2D eigenvalue weighted by Crippen LogP contribution is -2.42. The highest BCUT2D eigenvalue weighted by atomic mass is 16.2. The maximum absolute atomic E-state index is 11.6. The molecule has 0 bridgehead atoms. The van der Waals surface area contributed by atoms with Crippen LogP contribution in [-0.4, -0.2) is 74.0 Å². The molecule has 2 heterocycles. The van der Waals surface area contributed by atoms with E-state index >= 15 is 0 Å². The molecule has 0 aliphatic carbocycles. The molecule has 0 aromatic heterocycles. The van der Waals surface area contributed by atoms with E-state index < -0.39 is 0 Å². The zero-order chi connectivity index (χ0) is 16.3. The Kier molecular flexibility index (Phi) is 8.21. The van der Waals surface area contributed by atoms with Crippen LogP contribution in [-0.2, 0) is 4.79 Å². The maximum Gasteiger partial charge on any atom is 0.222 e. The van der Waals surface area contributed by atoms with E-state index in [1.165, 1.54) is 32.4 Å². The van der Waals surface area contributed by atoms with Gasteiger partial charge in [0, 0.05) is 45.7 Å². The number of guanidine groups is 1. The van der Waals surface area contributed by atoms with Crippen LogP contribution in [0.25, 0.3) is 0 Å². The third kappa shape index (κ3) is 6.77. The van der Waals surface area contributed by atoms with Gasteiger partial charge in [-0.1, -0.05) is 6.42 Å². The average Bonchev–Trinajstić information content (AvgIpc) is 2.97. The van der Waals surface area contributed by atoms with Crippen LogP contribution in [0.4, 0.5) is 0 Å². The van der Waals surface area contributed by atoms with Gasteiger partial charge in [-0.2, -0.15) is 0 Å². The fraction of sp³-hybridized carbons (Fsp3) is 0.882. The summed E-state index contributed by atoms with van der Waals surface area (Å²) in [7, 11) is 0. The van der Waals surface area contributed by atoms with Crippen molar-refractivity contribution in [2.45, 2.75) is 45.4 Å². The normalized spacial score (nSPS) is 20.1. The number of hydrogen-bond acceptors (Lipinski definition) is 3. The van der Waals surface area contributed by atoms with Gasteiger partial charge in [0.15, 0.2) is 5.96 Å². The fourth-order valence-corrected chi connectivity index (χ4v) is 3.25. The highest BCUT2D eigenvalue weighted by Crippen LogP contribution is 2.09. The van der Waals surface area contributed by atoms with E-state index in [2.05, 4.69) is 27.4 Å². The van der Waals surface area contributed by atoms with Crippen LogP contribution < -0.4 is 10.6 Å². The summed E-state index contributed by atoms with van der Waals surface area (Å²) in [5.41, 5.74) is 0. The first-order chi connectivity index (χ1) is 11.3. The minimum absolute atomic E-state index is 0.306. The molecule has 0 aromatic carbocycles. The lowest BCUT2D eigenvalue weighted by atomic mass is 10.1. The monoisotopic (exact) mass is 323 g/mol. The van der Waals surface area contributed by atoms with Crippen molar-refractivity contribution in [3.63, 3.8) is 0 Å². The number of piperidine rings is 1. The topological polar surface area (TPSA) is 60.0 Å². The van der Waals surface area contributed by atoms with E-state index in [-0.39, 0.29) is 0 Å². The van der Waals surface area contributed by atoms with Gasteiger partial charge in [0.25, 0.3) is 0 Å². The Morgan fingerprint density at radius 3 is 2.61 bits per heavy atom. The van der Waals surface area contributed by atoms with Crippen molar-refractivity contribution in [3.8, 4) is 0 Å². The first kappa shape index (κ1) is 18.0. The molecule has 0 radical (unpaired) electrons. The number of hydrogen-bond donors (Lipinski definition) is 2. The molecule has 6 nitrogen and oxygen atoms in total. The molecule has 0 unspecified atom stereocenters. The van der Waals surface area contributed by atoms with E-state index in [0.29, 0.717) is 5.91 Å². The lowest BCUT2D eigenvalue weighted by molar-refractivity contribution is -0.127. The predicted molar refractivity (Wildman–Crippen MR) is 94.7 cm³/mol. The second-order valence-corrected chi connectivity index (χ2v) is 6.43. The number of aliphatic imine (C=N–C) groups is 1. The summed E-state index contributed by atoms with van der Waals surface area (Å²) < 4.78 is 0. The average molecular weight is 323 g/mol. The van der Waals surface area contributed by atoms with Gasteiger partial charge in [0.2, 0.25) is 5.91 Å². The van der Waals surface area contributed by atoms with Crippen LogP contribution in [0, 0.1) is 0 Å². The van der Waals surface area contributed by atoms with E-state index in [4.69, 9.17) is 0 Å². The Hall–Kier alpha value is -1.30. The standard InChI is InChI=1S/C17H33N5O/c1-2-18-17(20-10-15-21-11-4-3-5-12-21)19-9-7-14-22-13-6-8-16(22)23/h2-15H2,1H3,(H2,18,19,20). The summed E-state index contributed by atoms with van der Waals surface area (Å²) in [6.45, 7) is 10.0. The number of nitrogens with one attached hydrogen (secondary N) is 2. The third-order valence-corrected chi connectivity index (χ3v) is 4.54. The van der Waals surface area contributed by atoms with Crippen molar-refractivity contribution < 1.29 is 4.79 Å². The molecule has 2 aliphatic heterocycles. The lowest BCUT2D eigenvalue weighted by Gasteiger charge is -2.26. The summed E-state index contributed by atoms with van der Waals surface area (Å²) in [6, 6.07) is 0. The molecule has 2 fully saturated rings. The molecule has 2 rings (SSSR count). The molecule has 6 heteroatoms. The van der Waals surface area contributed by atoms with E-state index in [9.17, 15) is 4.79 Å². The van der Waals surface area contributed by atoms with E-state index in [1.807, 2.05) is 4.90 Å². The van der Waals surface area contributed by atoms with Gasteiger partial charge in [0.1, 0.15) is 0 Å². The molecule has 132 valence electrons. The highest BCUT2D eigenvalue weighted by molar-refractivity contribution is 5.79. The minimum atomic E-state index is 0.306.